The van der Waals surface area contributed by atoms with Crippen molar-refractivity contribution in [3.63, 3.8) is 0 Å². The molecule has 3 aromatic rings. The second-order valence-corrected chi connectivity index (χ2v) is 7.51. The molecule has 0 saturated heterocycles. The van der Waals surface area contributed by atoms with Gasteiger partial charge in [-0.1, -0.05) is 13.0 Å². The molecule has 0 bridgehead atoms. The fourth-order valence-electron chi connectivity index (χ4n) is 2.59. The van der Waals surface area contributed by atoms with E-state index in [4.69, 9.17) is 0 Å². The molecular weight excluding hydrogens is 354 g/mol. The number of nitrogens with zero attached hydrogens (tertiary/aromatic N) is 3. The third-order valence-electron chi connectivity index (χ3n) is 3.89. The normalized spacial score (nSPS) is 11.6. The molecule has 0 aliphatic rings. The Kier molecular flexibility index (Phi) is 5.01. The average molecular weight is 373 g/mol. The molecule has 3 rings (SSSR count). The van der Waals surface area contributed by atoms with Gasteiger partial charge in [-0.3, -0.25) is 14.9 Å². The minimum atomic E-state index is -3.58. The van der Waals surface area contributed by atoms with Crippen LogP contribution < -0.4 is 10.3 Å². The van der Waals surface area contributed by atoms with Gasteiger partial charge in [-0.25, -0.2) is 22.8 Å². The van der Waals surface area contributed by atoms with Crippen molar-refractivity contribution in [1.82, 2.24) is 24.5 Å². The Morgan fingerprint density at radius 1 is 1.23 bits per heavy atom. The second kappa shape index (κ2) is 7.22. The van der Waals surface area contributed by atoms with E-state index in [1.165, 1.54) is 23.0 Å². The molecule has 0 saturated carbocycles. The molecule has 0 radical (unpaired) electrons. The highest BCUT2D eigenvalue weighted by atomic mass is 32.2. The average Bonchev–Trinajstić information content (AvgIpc) is 2.91. The molecule has 3 heterocycles. The highest BCUT2D eigenvalue weighted by Gasteiger charge is 2.16. The SMILES string of the molecule is CCNS(=O)(=O)c1ccc(-n2[nH]c(C)c(Cc3cccnc3)c2=O)nc1. The number of aromatic nitrogens is 4. The van der Waals surface area contributed by atoms with Crippen LogP contribution >= 0.6 is 0 Å². The van der Waals surface area contributed by atoms with Crippen LogP contribution in [0.25, 0.3) is 5.82 Å². The maximum Gasteiger partial charge on any atom is 0.276 e. The number of hydrogen-bond acceptors (Lipinski definition) is 5. The molecule has 8 nitrogen and oxygen atoms in total. The molecule has 136 valence electrons. The summed E-state index contributed by atoms with van der Waals surface area (Å²) in [5.41, 5.74) is 2.05. The smallest absolute Gasteiger partial charge is 0.276 e. The number of H-pyrrole nitrogens is 1. The van der Waals surface area contributed by atoms with Gasteiger partial charge in [0.15, 0.2) is 5.82 Å². The minimum absolute atomic E-state index is 0.0509. The molecule has 0 fully saturated rings. The first-order chi connectivity index (χ1) is 12.4. The molecule has 0 aromatic carbocycles. The molecule has 9 heteroatoms. The summed E-state index contributed by atoms with van der Waals surface area (Å²) in [7, 11) is -3.58. The van der Waals surface area contributed by atoms with Crippen LogP contribution in [0, 0.1) is 6.92 Å². The Morgan fingerprint density at radius 3 is 2.65 bits per heavy atom. The van der Waals surface area contributed by atoms with E-state index in [2.05, 4.69) is 19.8 Å². The Bertz CT molecular complexity index is 1050. The Labute approximate surface area is 151 Å². The largest absolute Gasteiger partial charge is 0.294 e. The van der Waals surface area contributed by atoms with Gasteiger partial charge in [0.2, 0.25) is 10.0 Å². The van der Waals surface area contributed by atoms with Gasteiger partial charge in [0.25, 0.3) is 5.56 Å². The Morgan fingerprint density at radius 2 is 2.04 bits per heavy atom. The third-order valence-corrected chi connectivity index (χ3v) is 5.42. The van der Waals surface area contributed by atoms with Crippen molar-refractivity contribution in [2.45, 2.75) is 25.2 Å². The highest BCUT2D eigenvalue weighted by molar-refractivity contribution is 7.89. The van der Waals surface area contributed by atoms with E-state index in [-0.39, 0.29) is 17.0 Å². The van der Waals surface area contributed by atoms with E-state index < -0.39 is 10.0 Å². The monoisotopic (exact) mass is 373 g/mol. The van der Waals surface area contributed by atoms with E-state index in [0.717, 1.165) is 11.3 Å². The molecule has 0 aliphatic carbocycles. The standard InChI is InChI=1S/C17H19N5O3S/c1-3-20-26(24,25)14-6-7-16(19-11-14)22-17(23)15(12(2)21-22)9-13-5-4-8-18-10-13/h4-8,10-11,20-21H,3,9H2,1-2H3. The number of pyridine rings is 2. The van der Waals surface area contributed by atoms with E-state index in [9.17, 15) is 13.2 Å². The number of rotatable bonds is 6. The lowest BCUT2D eigenvalue weighted by atomic mass is 10.1. The maximum absolute atomic E-state index is 12.7. The molecule has 0 spiro atoms. The predicted octanol–water partition coefficient (Wildman–Crippen LogP) is 1.15. The van der Waals surface area contributed by atoms with Gasteiger partial charge in [-0.05, 0) is 30.7 Å². The lowest BCUT2D eigenvalue weighted by Crippen LogP contribution is -2.23. The quantitative estimate of drug-likeness (QED) is 0.674. The summed E-state index contributed by atoms with van der Waals surface area (Å²) in [6.07, 6.45) is 5.08. The lowest BCUT2D eigenvalue weighted by Gasteiger charge is -2.05. The molecule has 0 amide bonds. The Hall–Kier alpha value is -2.78. The van der Waals surface area contributed by atoms with Crippen LogP contribution in [0.5, 0.6) is 0 Å². The zero-order valence-corrected chi connectivity index (χ0v) is 15.2. The summed E-state index contributed by atoms with van der Waals surface area (Å²) in [6.45, 7) is 3.80. The van der Waals surface area contributed by atoms with Gasteiger partial charge in [-0.15, -0.1) is 0 Å². The molecule has 3 aromatic heterocycles. The first kappa shape index (κ1) is 18.0. The number of aromatic amines is 1. The molecular formula is C17H19N5O3S. The molecule has 0 unspecified atom stereocenters. The summed E-state index contributed by atoms with van der Waals surface area (Å²) >= 11 is 0. The number of nitrogens with one attached hydrogen (secondary N) is 2. The van der Waals surface area contributed by atoms with E-state index in [0.29, 0.717) is 17.8 Å². The van der Waals surface area contributed by atoms with E-state index in [1.807, 2.05) is 19.1 Å². The van der Waals surface area contributed by atoms with Crippen LogP contribution in [0.3, 0.4) is 0 Å². The van der Waals surface area contributed by atoms with Crippen molar-refractivity contribution in [3.05, 3.63) is 70.0 Å². The minimum Gasteiger partial charge on any atom is -0.294 e. The van der Waals surface area contributed by atoms with Crippen LogP contribution in [-0.2, 0) is 16.4 Å². The van der Waals surface area contributed by atoms with Crippen LogP contribution in [-0.4, -0.2) is 34.7 Å². The van der Waals surface area contributed by atoms with E-state index in [1.54, 1.807) is 19.3 Å². The third kappa shape index (κ3) is 3.58. The van der Waals surface area contributed by atoms with E-state index >= 15 is 0 Å². The number of hydrogen-bond donors (Lipinski definition) is 2. The van der Waals surface area contributed by atoms with Crippen molar-refractivity contribution in [3.8, 4) is 5.82 Å². The highest BCUT2D eigenvalue weighted by Crippen LogP contribution is 2.12. The van der Waals surface area contributed by atoms with Gasteiger partial charge in [0.05, 0.1) is 0 Å². The van der Waals surface area contributed by atoms with Gasteiger partial charge < -0.3 is 0 Å². The fourth-order valence-corrected chi connectivity index (χ4v) is 3.58. The number of aryl methyl sites for hydroxylation is 1. The van der Waals surface area contributed by atoms with Gasteiger partial charge in [0.1, 0.15) is 4.90 Å². The van der Waals surface area contributed by atoms with Gasteiger partial charge in [0, 0.05) is 42.8 Å². The molecule has 0 atom stereocenters. The van der Waals surface area contributed by atoms with Crippen molar-refractivity contribution < 1.29 is 8.42 Å². The van der Waals surface area contributed by atoms with Crippen LogP contribution in [0.1, 0.15) is 23.7 Å². The summed E-state index contributed by atoms with van der Waals surface area (Å²) in [5, 5.41) is 2.99. The lowest BCUT2D eigenvalue weighted by molar-refractivity contribution is 0.583. The van der Waals surface area contributed by atoms with Crippen molar-refractivity contribution in [2.75, 3.05) is 6.54 Å². The summed E-state index contributed by atoms with van der Waals surface area (Å²) in [6, 6.07) is 6.64. The first-order valence-corrected chi connectivity index (χ1v) is 9.56. The van der Waals surface area contributed by atoms with Crippen LogP contribution in [0.4, 0.5) is 0 Å². The summed E-state index contributed by atoms with van der Waals surface area (Å²) in [4.78, 5) is 20.9. The van der Waals surface area contributed by atoms with Crippen molar-refractivity contribution in [1.29, 1.82) is 0 Å². The zero-order valence-electron chi connectivity index (χ0n) is 14.4. The maximum atomic E-state index is 12.7. The van der Waals surface area contributed by atoms with Gasteiger partial charge >= 0.3 is 0 Å². The molecule has 26 heavy (non-hydrogen) atoms. The zero-order chi connectivity index (χ0) is 18.7. The molecule has 0 aliphatic heterocycles. The summed E-state index contributed by atoms with van der Waals surface area (Å²) < 4.78 is 27.7. The van der Waals surface area contributed by atoms with Gasteiger partial charge in [-0.2, -0.15) is 0 Å². The van der Waals surface area contributed by atoms with Crippen molar-refractivity contribution in [2.24, 2.45) is 0 Å². The van der Waals surface area contributed by atoms with Crippen LogP contribution in [0.15, 0.2) is 52.5 Å². The fraction of sp³-hybridized carbons (Fsp3) is 0.235. The van der Waals surface area contributed by atoms with Crippen molar-refractivity contribution >= 4 is 10.0 Å². The predicted molar refractivity (Wildman–Crippen MR) is 96.8 cm³/mol. The summed E-state index contributed by atoms with van der Waals surface area (Å²) in [5.74, 6) is 0.325. The number of sulfonamides is 1. The first-order valence-electron chi connectivity index (χ1n) is 8.08. The topological polar surface area (TPSA) is 110 Å². The molecule has 2 N–H and O–H groups in total. The second-order valence-electron chi connectivity index (χ2n) is 5.75. The Balaban J connectivity index is 1.93. The van der Waals surface area contributed by atoms with Crippen LogP contribution in [0.2, 0.25) is 0 Å².